The summed E-state index contributed by atoms with van der Waals surface area (Å²) in [5.74, 6) is 0.314. The van der Waals surface area contributed by atoms with Crippen LogP contribution in [0, 0.1) is 6.92 Å². The fourth-order valence-electron chi connectivity index (χ4n) is 2.63. The molecule has 0 spiro atoms. The summed E-state index contributed by atoms with van der Waals surface area (Å²) in [5, 5.41) is 15.3. The third kappa shape index (κ3) is 3.12. The second-order valence-electron chi connectivity index (χ2n) is 6.69. The number of aromatic nitrogens is 2. The molecule has 0 radical (unpaired) electrons. The Bertz CT molecular complexity index is 621. The fourth-order valence-corrected chi connectivity index (χ4v) is 2.63. The molecule has 0 amide bonds. The highest BCUT2D eigenvalue weighted by Crippen LogP contribution is 2.39. The van der Waals surface area contributed by atoms with Crippen molar-refractivity contribution in [2.75, 3.05) is 0 Å². The summed E-state index contributed by atoms with van der Waals surface area (Å²) in [4.78, 5) is 0. The van der Waals surface area contributed by atoms with E-state index in [1.54, 1.807) is 4.68 Å². The molecule has 0 saturated heterocycles. The van der Waals surface area contributed by atoms with E-state index in [0.29, 0.717) is 5.88 Å². The summed E-state index contributed by atoms with van der Waals surface area (Å²) in [7, 11) is 0. The van der Waals surface area contributed by atoms with E-state index in [0.717, 1.165) is 36.2 Å². The molecule has 1 heterocycles. The zero-order chi connectivity index (χ0) is 15.6. The number of hydrogen-bond donors (Lipinski definition) is 1. The van der Waals surface area contributed by atoms with Gasteiger partial charge in [-0.05, 0) is 24.3 Å². The second kappa shape index (κ2) is 5.92. The predicted octanol–water partition coefficient (Wildman–Crippen LogP) is 4.66. The molecule has 2 rings (SSSR count). The molecule has 0 unspecified atom stereocenters. The molecule has 0 aliphatic rings. The lowest BCUT2D eigenvalue weighted by Crippen LogP contribution is -2.12. The van der Waals surface area contributed by atoms with Gasteiger partial charge in [-0.25, -0.2) is 4.68 Å². The van der Waals surface area contributed by atoms with E-state index in [2.05, 4.69) is 46.8 Å². The number of aromatic hydroxyl groups is 1. The quantitative estimate of drug-likeness (QED) is 0.887. The molecule has 3 nitrogen and oxygen atoms in total. The van der Waals surface area contributed by atoms with Crippen LogP contribution in [0.3, 0.4) is 0 Å². The lowest BCUT2D eigenvalue weighted by molar-refractivity contribution is 0.380. The Hall–Kier alpha value is -1.77. The van der Waals surface area contributed by atoms with Crippen LogP contribution in [0.15, 0.2) is 24.3 Å². The number of unbranched alkanes of at least 4 members (excludes halogenated alkanes) is 1. The van der Waals surface area contributed by atoms with Gasteiger partial charge in [0.25, 0.3) is 0 Å². The molecular formula is C18H26N2O. The third-order valence-corrected chi connectivity index (χ3v) is 3.80. The van der Waals surface area contributed by atoms with Crippen LogP contribution < -0.4 is 0 Å². The fraction of sp³-hybridized carbons (Fsp3) is 0.500. The van der Waals surface area contributed by atoms with Crippen molar-refractivity contribution >= 4 is 0 Å². The molecule has 114 valence electrons. The van der Waals surface area contributed by atoms with Crippen molar-refractivity contribution in [3.8, 4) is 17.1 Å². The van der Waals surface area contributed by atoms with Crippen LogP contribution in [0.25, 0.3) is 11.3 Å². The lowest BCUT2D eigenvalue weighted by Gasteiger charge is -2.19. The van der Waals surface area contributed by atoms with Crippen molar-refractivity contribution < 1.29 is 5.11 Å². The van der Waals surface area contributed by atoms with Crippen LogP contribution in [-0.4, -0.2) is 14.9 Å². The normalized spacial score (nSPS) is 11.9. The Morgan fingerprint density at radius 1 is 1.19 bits per heavy atom. The molecule has 2 aromatic rings. The zero-order valence-electron chi connectivity index (χ0n) is 13.8. The molecular weight excluding hydrogens is 260 g/mol. The summed E-state index contributed by atoms with van der Waals surface area (Å²) in [6.07, 6.45) is 2.11. The van der Waals surface area contributed by atoms with Crippen LogP contribution in [-0.2, 0) is 12.0 Å². The van der Waals surface area contributed by atoms with Gasteiger partial charge in [0.05, 0.1) is 0 Å². The van der Waals surface area contributed by atoms with E-state index in [9.17, 15) is 5.11 Å². The van der Waals surface area contributed by atoms with E-state index in [-0.39, 0.29) is 5.41 Å². The van der Waals surface area contributed by atoms with Gasteiger partial charge < -0.3 is 5.11 Å². The van der Waals surface area contributed by atoms with Crippen molar-refractivity contribution in [3.05, 3.63) is 35.4 Å². The molecule has 1 N–H and O–H groups in total. The van der Waals surface area contributed by atoms with Crippen LogP contribution in [0.2, 0.25) is 0 Å². The summed E-state index contributed by atoms with van der Waals surface area (Å²) in [6.45, 7) is 11.4. The van der Waals surface area contributed by atoms with Crippen LogP contribution in [0.5, 0.6) is 5.88 Å². The maximum Gasteiger partial charge on any atom is 0.213 e. The number of nitrogens with zero attached hydrogens (tertiary/aromatic N) is 2. The number of benzene rings is 1. The molecule has 1 aromatic heterocycles. The van der Waals surface area contributed by atoms with E-state index < -0.39 is 0 Å². The van der Waals surface area contributed by atoms with Gasteiger partial charge >= 0.3 is 0 Å². The van der Waals surface area contributed by atoms with Gasteiger partial charge in [-0.2, -0.15) is 5.10 Å². The average Bonchev–Trinajstić information content (AvgIpc) is 2.73. The maximum atomic E-state index is 10.6. The number of aryl methyl sites for hydroxylation is 2. The standard InChI is InChI=1S/C18H26N2O/c1-6-7-12-20-17(21)15(18(3,4)5)16(19-20)14-11-9-8-10-13(14)2/h8-11,21H,6-7,12H2,1-5H3. The monoisotopic (exact) mass is 286 g/mol. The van der Waals surface area contributed by atoms with Crippen LogP contribution >= 0.6 is 0 Å². The Morgan fingerprint density at radius 2 is 1.86 bits per heavy atom. The molecule has 0 aliphatic carbocycles. The second-order valence-corrected chi connectivity index (χ2v) is 6.69. The summed E-state index contributed by atoms with van der Waals surface area (Å²) in [5.41, 5.74) is 3.99. The van der Waals surface area contributed by atoms with Gasteiger partial charge in [0.1, 0.15) is 5.69 Å². The van der Waals surface area contributed by atoms with Gasteiger partial charge in [0.15, 0.2) is 0 Å². The first kappa shape index (κ1) is 15.6. The van der Waals surface area contributed by atoms with E-state index in [1.807, 2.05) is 12.1 Å². The largest absolute Gasteiger partial charge is 0.493 e. The SMILES string of the molecule is CCCCn1nc(-c2ccccc2C)c(C(C)(C)C)c1O. The molecule has 0 fully saturated rings. The minimum Gasteiger partial charge on any atom is -0.493 e. The highest BCUT2D eigenvalue weighted by Gasteiger charge is 2.28. The summed E-state index contributed by atoms with van der Waals surface area (Å²) >= 11 is 0. The minimum absolute atomic E-state index is 0.147. The number of hydrogen-bond acceptors (Lipinski definition) is 2. The van der Waals surface area contributed by atoms with E-state index in [1.165, 1.54) is 5.56 Å². The smallest absolute Gasteiger partial charge is 0.213 e. The molecule has 0 aliphatic heterocycles. The molecule has 3 heteroatoms. The van der Waals surface area contributed by atoms with Gasteiger partial charge in [0.2, 0.25) is 5.88 Å². The molecule has 0 atom stereocenters. The topological polar surface area (TPSA) is 38.0 Å². The van der Waals surface area contributed by atoms with Gasteiger partial charge in [0, 0.05) is 17.7 Å². The van der Waals surface area contributed by atoms with Crippen molar-refractivity contribution in [2.45, 2.75) is 59.4 Å². The molecule has 21 heavy (non-hydrogen) atoms. The third-order valence-electron chi connectivity index (χ3n) is 3.80. The van der Waals surface area contributed by atoms with Crippen molar-refractivity contribution in [1.82, 2.24) is 9.78 Å². The Labute approximate surface area is 127 Å². The first-order valence-electron chi connectivity index (χ1n) is 7.72. The Balaban J connectivity index is 2.62. The van der Waals surface area contributed by atoms with Crippen molar-refractivity contribution in [3.63, 3.8) is 0 Å². The lowest BCUT2D eigenvalue weighted by atomic mass is 9.84. The molecule has 0 saturated carbocycles. The van der Waals surface area contributed by atoms with E-state index >= 15 is 0 Å². The van der Waals surface area contributed by atoms with E-state index in [4.69, 9.17) is 5.10 Å². The average molecular weight is 286 g/mol. The minimum atomic E-state index is -0.147. The van der Waals surface area contributed by atoms with Crippen molar-refractivity contribution in [1.29, 1.82) is 0 Å². The first-order valence-corrected chi connectivity index (χ1v) is 7.72. The highest BCUT2D eigenvalue weighted by molar-refractivity contribution is 5.70. The van der Waals surface area contributed by atoms with Crippen LogP contribution in [0.1, 0.15) is 51.7 Å². The van der Waals surface area contributed by atoms with Gasteiger partial charge in [-0.1, -0.05) is 58.4 Å². The Kier molecular flexibility index (Phi) is 4.40. The molecule has 0 bridgehead atoms. The van der Waals surface area contributed by atoms with Crippen molar-refractivity contribution in [2.24, 2.45) is 0 Å². The number of rotatable bonds is 4. The Morgan fingerprint density at radius 3 is 2.43 bits per heavy atom. The zero-order valence-corrected chi connectivity index (χ0v) is 13.8. The van der Waals surface area contributed by atoms with Gasteiger partial charge in [-0.3, -0.25) is 0 Å². The molecule has 1 aromatic carbocycles. The predicted molar refractivity (Wildman–Crippen MR) is 87.7 cm³/mol. The summed E-state index contributed by atoms with van der Waals surface area (Å²) in [6, 6.07) is 8.22. The first-order chi connectivity index (χ1) is 9.86. The maximum absolute atomic E-state index is 10.6. The van der Waals surface area contributed by atoms with Crippen LogP contribution in [0.4, 0.5) is 0 Å². The summed E-state index contributed by atoms with van der Waals surface area (Å²) < 4.78 is 1.76. The van der Waals surface area contributed by atoms with Gasteiger partial charge in [-0.15, -0.1) is 0 Å². The highest BCUT2D eigenvalue weighted by atomic mass is 16.3.